The van der Waals surface area contributed by atoms with Crippen LogP contribution in [-0.4, -0.2) is 126 Å². The quantitative estimate of drug-likeness (QED) is 0.124. The topological polar surface area (TPSA) is 222 Å². The molecule has 8 aliphatic rings. The van der Waals surface area contributed by atoms with E-state index >= 15 is 0 Å². The summed E-state index contributed by atoms with van der Waals surface area (Å²) in [6.07, 6.45) is 7.06. The normalized spacial score (nSPS) is 37.4. The van der Waals surface area contributed by atoms with Crippen molar-refractivity contribution >= 4 is 5.97 Å². The van der Waals surface area contributed by atoms with Crippen LogP contribution in [0.15, 0.2) is 59.7 Å². The van der Waals surface area contributed by atoms with Crippen LogP contribution in [0.1, 0.15) is 128 Å². The number of methoxy groups -OCH3 is 2. The Bertz CT molecular complexity index is 2350. The molecule has 3 saturated heterocycles. The van der Waals surface area contributed by atoms with Gasteiger partial charge in [-0.05, 0) is 141 Å². The summed E-state index contributed by atoms with van der Waals surface area (Å²) in [4.78, 5) is 13.4. The number of carbonyl (C=O) groups excluding carboxylic acids is 1. The van der Waals surface area contributed by atoms with Gasteiger partial charge in [0.25, 0.3) is 0 Å². The van der Waals surface area contributed by atoms with Gasteiger partial charge >= 0.3 is 5.97 Å². The second-order valence-corrected chi connectivity index (χ2v) is 22.3. The maximum absolute atomic E-state index is 13.4. The van der Waals surface area contributed by atoms with E-state index in [4.69, 9.17) is 42.6 Å². The first kappa shape index (κ1) is 52.6. The SMILES string of the molecule is C=C1/C(=C\C=C2/CCC[C@]3(C)[C@@H]([C@H](C)CCCC(C)(C)O)CC[C@@H]23)C[C@@H](O)C[C@@H]1O.COc1cc([C@@H]2c3cc4c(cc3[C@@H](O[C@@H]3O[C@@H]5CO[C@@H](C)O[C@H]5[C@H](O)[C@H]3O)[C@H]3COC(=O)[C@H]23)OCO4)cc(OC)c1O. The van der Waals surface area contributed by atoms with Crippen LogP contribution in [0, 0.1) is 35.0 Å². The predicted molar refractivity (Wildman–Crippen MR) is 262 cm³/mol. The zero-order valence-electron chi connectivity index (χ0n) is 42.8. The van der Waals surface area contributed by atoms with E-state index in [1.54, 1.807) is 36.8 Å². The Kier molecular flexibility index (Phi) is 15.5. The van der Waals surface area contributed by atoms with Gasteiger partial charge in [-0.3, -0.25) is 4.79 Å². The second-order valence-electron chi connectivity index (χ2n) is 22.3. The van der Waals surface area contributed by atoms with Crippen molar-refractivity contribution in [1.29, 1.82) is 0 Å². The Labute approximate surface area is 422 Å². The highest BCUT2D eigenvalue weighted by molar-refractivity contribution is 5.79. The number of hydrogen-bond acceptors (Lipinski definition) is 16. The summed E-state index contributed by atoms with van der Waals surface area (Å²) >= 11 is 0. The second kappa shape index (κ2) is 21.2. The summed E-state index contributed by atoms with van der Waals surface area (Å²) in [5.41, 5.74) is 5.18. The smallest absolute Gasteiger partial charge is 0.310 e. The van der Waals surface area contributed by atoms with Crippen LogP contribution >= 0.6 is 0 Å². The van der Waals surface area contributed by atoms with Crippen LogP contribution < -0.4 is 18.9 Å². The van der Waals surface area contributed by atoms with Gasteiger partial charge in [0.2, 0.25) is 12.5 Å². The molecule has 2 aromatic rings. The number of esters is 1. The van der Waals surface area contributed by atoms with Gasteiger partial charge < -0.3 is 73.3 Å². The molecule has 16 atom stereocenters. The zero-order chi connectivity index (χ0) is 51.4. The number of hydrogen-bond donors (Lipinski definition) is 6. The van der Waals surface area contributed by atoms with Crippen LogP contribution in [-0.2, 0) is 28.5 Å². The minimum absolute atomic E-state index is 0.0301. The molecule has 0 radical (unpaired) electrons. The number of aliphatic hydroxyl groups is 5. The van der Waals surface area contributed by atoms with E-state index in [1.165, 1.54) is 52.7 Å². The molecule has 4 aliphatic heterocycles. The van der Waals surface area contributed by atoms with Crippen molar-refractivity contribution in [2.24, 2.45) is 35.0 Å². The number of ether oxygens (including phenoxy) is 9. The van der Waals surface area contributed by atoms with Gasteiger partial charge in [-0.25, -0.2) is 0 Å². The summed E-state index contributed by atoms with van der Waals surface area (Å²) in [6.45, 7) is 14.8. The van der Waals surface area contributed by atoms with Crippen LogP contribution in [0.3, 0.4) is 0 Å². The molecule has 2 aromatic carbocycles. The zero-order valence-corrected chi connectivity index (χ0v) is 42.8. The lowest BCUT2D eigenvalue weighted by Gasteiger charge is -2.47. The van der Waals surface area contributed by atoms with E-state index in [9.17, 15) is 35.4 Å². The molecular formula is C56H76O16. The van der Waals surface area contributed by atoms with E-state index in [-0.39, 0.29) is 37.3 Å². The largest absolute Gasteiger partial charge is 0.502 e. The molecule has 16 heteroatoms. The van der Waals surface area contributed by atoms with Crippen molar-refractivity contribution in [2.45, 2.75) is 166 Å². The molecule has 6 N–H and O–H groups in total. The molecule has 0 bridgehead atoms. The summed E-state index contributed by atoms with van der Waals surface area (Å²) in [5.74, 6) is 1.08. The van der Waals surface area contributed by atoms with Gasteiger partial charge in [0.15, 0.2) is 35.6 Å². The Morgan fingerprint density at radius 2 is 1.65 bits per heavy atom. The van der Waals surface area contributed by atoms with E-state index in [0.29, 0.717) is 58.3 Å². The lowest BCUT2D eigenvalue weighted by molar-refractivity contribution is -0.364. The van der Waals surface area contributed by atoms with Crippen LogP contribution in [0.25, 0.3) is 0 Å². The monoisotopic (exact) mass is 1000 g/mol. The highest BCUT2D eigenvalue weighted by atomic mass is 16.8. The van der Waals surface area contributed by atoms with E-state index in [0.717, 1.165) is 29.9 Å². The van der Waals surface area contributed by atoms with Crippen LogP contribution in [0.2, 0.25) is 0 Å². The molecule has 0 unspecified atom stereocenters. The van der Waals surface area contributed by atoms with Crippen molar-refractivity contribution < 1.29 is 78.1 Å². The van der Waals surface area contributed by atoms with Gasteiger partial charge in [-0.2, -0.15) is 0 Å². The molecule has 0 amide bonds. The van der Waals surface area contributed by atoms with E-state index in [2.05, 4.69) is 32.6 Å². The molecule has 396 valence electrons. The highest BCUT2D eigenvalue weighted by Crippen LogP contribution is 2.61. The summed E-state index contributed by atoms with van der Waals surface area (Å²) in [7, 11) is 2.86. The number of cyclic esters (lactones) is 1. The average molecular weight is 1010 g/mol. The summed E-state index contributed by atoms with van der Waals surface area (Å²) < 4.78 is 51.5. The van der Waals surface area contributed by atoms with E-state index in [1.807, 2.05) is 13.8 Å². The Morgan fingerprint density at radius 1 is 0.944 bits per heavy atom. The number of carbonyl (C=O) groups is 1. The third-order valence-corrected chi connectivity index (χ3v) is 17.2. The fourth-order valence-electron chi connectivity index (χ4n) is 13.5. The fourth-order valence-corrected chi connectivity index (χ4v) is 13.5. The van der Waals surface area contributed by atoms with Crippen molar-refractivity contribution in [3.05, 3.63) is 76.4 Å². The first-order valence-electron chi connectivity index (χ1n) is 26.0. The molecule has 0 spiro atoms. The summed E-state index contributed by atoms with van der Waals surface area (Å²) in [6, 6.07) is 6.93. The number of rotatable bonds is 11. The molecule has 4 aliphatic carbocycles. The average Bonchev–Trinajstić information content (AvgIpc) is 4.07. The molecule has 16 nitrogen and oxygen atoms in total. The lowest BCUT2D eigenvalue weighted by Crippen LogP contribution is -2.63. The third-order valence-electron chi connectivity index (χ3n) is 17.2. The van der Waals surface area contributed by atoms with Crippen molar-refractivity contribution in [3.8, 4) is 28.7 Å². The predicted octanol–water partition coefficient (Wildman–Crippen LogP) is 7.04. The van der Waals surface area contributed by atoms with Crippen molar-refractivity contribution in [2.75, 3.05) is 34.2 Å². The van der Waals surface area contributed by atoms with Gasteiger partial charge in [-0.1, -0.05) is 51.0 Å². The van der Waals surface area contributed by atoms with E-state index < -0.39 is 84.6 Å². The Balaban J connectivity index is 0.000000189. The van der Waals surface area contributed by atoms with Crippen LogP contribution in [0.4, 0.5) is 0 Å². The minimum atomic E-state index is -1.44. The third kappa shape index (κ3) is 10.3. The van der Waals surface area contributed by atoms with Crippen molar-refractivity contribution in [1.82, 2.24) is 0 Å². The molecule has 4 heterocycles. The van der Waals surface area contributed by atoms with Gasteiger partial charge in [-0.15, -0.1) is 0 Å². The minimum Gasteiger partial charge on any atom is -0.502 e. The molecule has 10 rings (SSSR count). The van der Waals surface area contributed by atoms with Gasteiger partial charge in [0, 0.05) is 18.3 Å². The first-order chi connectivity index (χ1) is 34.3. The first-order valence-corrected chi connectivity index (χ1v) is 26.0. The maximum Gasteiger partial charge on any atom is 0.310 e. The number of fused-ring (bicyclic) bond motifs is 5. The lowest BCUT2D eigenvalue weighted by atomic mass is 9.60. The van der Waals surface area contributed by atoms with Crippen molar-refractivity contribution in [3.63, 3.8) is 0 Å². The Hall–Kier alpha value is -4.23. The number of aliphatic hydroxyl groups excluding tert-OH is 4. The summed E-state index contributed by atoms with van der Waals surface area (Å²) in [5, 5.41) is 62.7. The molecular weight excluding hydrogens is 929 g/mol. The maximum atomic E-state index is 13.4. The van der Waals surface area contributed by atoms with Gasteiger partial charge in [0.05, 0.1) is 57.3 Å². The Morgan fingerprint density at radius 3 is 2.35 bits per heavy atom. The fraction of sp³-hybridized carbons (Fsp3) is 0.661. The van der Waals surface area contributed by atoms with Crippen LogP contribution in [0.5, 0.6) is 28.7 Å². The molecule has 72 heavy (non-hydrogen) atoms. The molecule has 0 aromatic heterocycles. The standard InChI is InChI=1S/C29H32O13.C27H44O3/c1-11-36-9-20-27(40-11)24(31)25(32)29(41-20)42-26-14-7-17-16(38-10-39-17)6-13(14)21(22-15(26)8-37-28(22)33)12-4-18(34-2)23(30)19(5-12)35-3;1-18(8-6-14-26(3,4)30)23-12-13-24-20(9-7-15-27(23,24)5)10-11-21-16-22(28)17-25(29)19(21)2/h4-7,11,15,20-22,24-27,29-32H,8-10H2,1-3H3;10-11,18,22-25,28-30H,2,6-9,12-17H2,1,3-5H3/b;20-10+,21-11-/t11-,15+,20-,21-,22+,24-,25-,26-,27-,29+;18-,22-,23-,24+,25+,27-/m11/s1. The highest BCUT2D eigenvalue weighted by Gasteiger charge is 2.56. The molecule has 3 saturated carbocycles. The number of aromatic hydroxyl groups is 1. The number of phenols is 1. The number of allylic oxidation sites excluding steroid dienone is 3. The number of benzene rings is 2. The van der Waals surface area contributed by atoms with Gasteiger partial charge in [0.1, 0.15) is 24.4 Å². The molecule has 6 fully saturated rings. The number of phenolic OH excluding ortho intramolecular Hbond substituents is 1.